The van der Waals surface area contributed by atoms with Crippen LogP contribution >= 0.6 is 11.6 Å². The van der Waals surface area contributed by atoms with Crippen LogP contribution < -0.4 is 15.6 Å². The van der Waals surface area contributed by atoms with Gasteiger partial charge in [0.15, 0.2) is 5.52 Å². The fourth-order valence-corrected chi connectivity index (χ4v) is 3.88. The summed E-state index contributed by atoms with van der Waals surface area (Å²) in [7, 11) is 1.57. The van der Waals surface area contributed by atoms with E-state index in [1.807, 2.05) is 38.1 Å². The van der Waals surface area contributed by atoms with Gasteiger partial charge in [0.2, 0.25) is 5.91 Å². The van der Waals surface area contributed by atoms with Gasteiger partial charge < -0.3 is 14.6 Å². The van der Waals surface area contributed by atoms with E-state index in [0.717, 1.165) is 5.56 Å². The second-order valence-corrected chi connectivity index (χ2v) is 8.10. The molecule has 2 heterocycles. The van der Waals surface area contributed by atoms with Crippen molar-refractivity contribution in [3.63, 3.8) is 0 Å². The molecule has 170 valence electrons. The topological polar surface area (TPSA) is 99.2 Å². The average Bonchev–Trinajstić information content (AvgIpc) is 3.20. The summed E-state index contributed by atoms with van der Waals surface area (Å²) in [6, 6.07) is 11.6. The molecule has 0 saturated carbocycles. The number of halogens is 1. The number of benzene rings is 2. The van der Waals surface area contributed by atoms with E-state index in [1.54, 1.807) is 32.2 Å². The highest BCUT2D eigenvalue weighted by Crippen LogP contribution is 2.30. The molecule has 1 amide bonds. The van der Waals surface area contributed by atoms with E-state index in [4.69, 9.17) is 20.9 Å². The van der Waals surface area contributed by atoms with Gasteiger partial charge in [-0.15, -0.1) is 0 Å². The standard InChI is InChI=1S/C24H23ClN4O4/c1-5-19(23(30)26-18-12-16(25)10-9-13(18)2)29-24(31)22-20(14(3)33-28-22)21(27-29)15-7-6-8-17(11-15)32-4/h6-12,19H,5H2,1-4H3,(H,26,30)/t19-/m0/s1. The van der Waals surface area contributed by atoms with Crippen molar-refractivity contribution in [3.8, 4) is 17.0 Å². The number of rotatable bonds is 6. The van der Waals surface area contributed by atoms with Gasteiger partial charge in [0.25, 0.3) is 5.56 Å². The van der Waals surface area contributed by atoms with Gasteiger partial charge in [-0.05, 0) is 50.1 Å². The molecular weight excluding hydrogens is 444 g/mol. The summed E-state index contributed by atoms with van der Waals surface area (Å²) < 4.78 is 11.8. The number of aryl methyl sites for hydroxylation is 2. The zero-order valence-electron chi connectivity index (χ0n) is 18.7. The van der Waals surface area contributed by atoms with E-state index in [2.05, 4.69) is 15.6 Å². The number of methoxy groups -OCH3 is 1. The third kappa shape index (κ3) is 4.21. The first kappa shape index (κ1) is 22.5. The fourth-order valence-electron chi connectivity index (χ4n) is 3.71. The van der Waals surface area contributed by atoms with Crippen LogP contribution in [0.1, 0.15) is 30.7 Å². The summed E-state index contributed by atoms with van der Waals surface area (Å²) in [5.41, 5.74) is 2.23. The maximum absolute atomic E-state index is 13.3. The molecule has 8 nitrogen and oxygen atoms in total. The quantitative estimate of drug-likeness (QED) is 0.433. The summed E-state index contributed by atoms with van der Waals surface area (Å²) in [6.07, 6.45) is 0.332. The number of fused-ring (bicyclic) bond motifs is 1. The van der Waals surface area contributed by atoms with Gasteiger partial charge in [0.05, 0.1) is 12.5 Å². The van der Waals surface area contributed by atoms with Crippen LogP contribution in [0.2, 0.25) is 5.02 Å². The lowest BCUT2D eigenvalue weighted by Gasteiger charge is -2.19. The Hall–Kier alpha value is -3.65. The van der Waals surface area contributed by atoms with E-state index >= 15 is 0 Å². The number of nitrogens with one attached hydrogen (secondary N) is 1. The smallest absolute Gasteiger partial charge is 0.297 e. The van der Waals surface area contributed by atoms with Crippen molar-refractivity contribution in [2.45, 2.75) is 33.2 Å². The van der Waals surface area contributed by atoms with Crippen LogP contribution in [0.3, 0.4) is 0 Å². The Balaban J connectivity index is 1.85. The molecule has 4 rings (SSSR count). The first-order chi connectivity index (χ1) is 15.8. The van der Waals surface area contributed by atoms with Crippen molar-refractivity contribution in [1.29, 1.82) is 0 Å². The molecule has 9 heteroatoms. The molecule has 4 aromatic rings. The van der Waals surface area contributed by atoms with E-state index in [1.165, 1.54) is 4.68 Å². The molecule has 0 aliphatic rings. The lowest BCUT2D eigenvalue weighted by molar-refractivity contribution is -0.119. The Morgan fingerprint density at radius 2 is 2.03 bits per heavy atom. The number of anilines is 1. The number of carbonyl (C=O) groups excluding carboxylic acids is 1. The molecule has 0 unspecified atom stereocenters. The van der Waals surface area contributed by atoms with Crippen LogP contribution in [0.15, 0.2) is 51.8 Å². The summed E-state index contributed by atoms with van der Waals surface area (Å²) >= 11 is 6.09. The Kier molecular flexibility index (Phi) is 6.20. The third-order valence-electron chi connectivity index (χ3n) is 5.50. The zero-order chi connectivity index (χ0) is 23.7. The number of hydrogen-bond acceptors (Lipinski definition) is 6. The van der Waals surface area contributed by atoms with Crippen molar-refractivity contribution >= 4 is 34.1 Å². The van der Waals surface area contributed by atoms with Gasteiger partial charge in [0.1, 0.15) is 23.2 Å². The van der Waals surface area contributed by atoms with Gasteiger partial charge >= 0.3 is 0 Å². The Labute approximate surface area is 195 Å². The normalized spacial score (nSPS) is 12.0. The van der Waals surface area contributed by atoms with Crippen LogP contribution in [0.25, 0.3) is 22.2 Å². The fraction of sp³-hybridized carbons (Fsp3) is 0.250. The van der Waals surface area contributed by atoms with Gasteiger partial charge in [-0.25, -0.2) is 4.68 Å². The molecule has 0 aliphatic carbocycles. The molecule has 0 fully saturated rings. The molecule has 33 heavy (non-hydrogen) atoms. The van der Waals surface area contributed by atoms with Crippen LogP contribution in [-0.4, -0.2) is 28.0 Å². The minimum atomic E-state index is -0.873. The Morgan fingerprint density at radius 1 is 1.24 bits per heavy atom. The van der Waals surface area contributed by atoms with Crippen molar-refractivity contribution in [1.82, 2.24) is 14.9 Å². The van der Waals surface area contributed by atoms with Crippen molar-refractivity contribution in [2.24, 2.45) is 0 Å². The first-order valence-electron chi connectivity index (χ1n) is 10.4. The Morgan fingerprint density at radius 3 is 2.76 bits per heavy atom. The molecule has 2 aromatic heterocycles. The molecular formula is C24H23ClN4O4. The van der Waals surface area contributed by atoms with E-state index in [0.29, 0.717) is 45.3 Å². The minimum absolute atomic E-state index is 0.116. The maximum atomic E-state index is 13.3. The molecule has 1 atom stereocenters. The molecule has 1 N–H and O–H groups in total. The summed E-state index contributed by atoms with van der Waals surface area (Å²) in [5.74, 6) is 0.718. The molecule has 0 spiro atoms. The van der Waals surface area contributed by atoms with Crippen LogP contribution in [0, 0.1) is 13.8 Å². The van der Waals surface area contributed by atoms with Crippen molar-refractivity contribution in [3.05, 3.63) is 69.2 Å². The van der Waals surface area contributed by atoms with Crippen molar-refractivity contribution in [2.75, 3.05) is 12.4 Å². The van der Waals surface area contributed by atoms with E-state index in [9.17, 15) is 9.59 Å². The number of aromatic nitrogens is 3. The van der Waals surface area contributed by atoms with Crippen molar-refractivity contribution < 1.29 is 14.1 Å². The average molecular weight is 467 g/mol. The number of amides is 1. The largest absolute Gasteiger partial charge is 0.497 e. The van der Waals surface area contributed by atoms with E-state index < -0.39 is 11.6 Å². The molecule has 0 radical (unpaired) electrons. The van der Waals surface area contributed by atoms with E-state index in [-0.39, 0.29) is 11.4 Å². The summed E-state index contributed by atoms with van der Waals surface area (Å²) in [4.78, 5) is 26.5. The highest BCUT2D eigenvalue weighted by molar-refractivity contribution is 6.31. The molecule has 0 bridgehead atoms. The molecule has 0 aliphatic heterocycles. The Bertz CT molecular complexity index is 1410. The summed E-state index contributed by atoms with van der Waals surface area (Å²) in [6.45, 7) is 5.39. The zero-order valence-corrected chi connectivity index (χ0v) is 19.4. The lowest BCUT2D eigenvalue weighted by Crippen LogP contribution is -2.35. The SMILES string of the molecule is CC[C@@H](C(=O)Nc1cc(Cl)ccc1C)n1nc(-c2cccc(OC)c2)c2c(C)onc2c1=O. The molecule has 0 saturated heterocycles. The van der Waals surface area contributed by atoms with Crippen LogP contribution in [-0.2, 0) is 4.79 Å². The lowest BCUT2D eigenvalue weighted by atomic mass is 10.1. The number of hydrogen-bond donors (Lipinski definition) is 1. The highest BCUT2D eigenvalue weighted by atomic mass is 35.5. The second-order valence-electron chi connectivity index (χ2n) is 7.67. The summed E-state index contributed by atoms with van der Waals surface area (Å²) in [5, 5.41) is 12.5. The van der Waals surface area contributed by atoms with Crippen LogP contribution in [0.5, 0.6) is 5.75 Å². The van der Waals surface area contributed by atoms with Gasteiger partial charge in [-0.2, -0.15) is 5.10 Å². The van der Waals surface area contributed by atoms with Gasteiger partial charge in [0, 0.05) is 16.3 Å². The van der Waals surface area contributed by atoms with Crippen LogP contribution in [0.4, 0.5) is 5.69 Å². The number of ether oxygens (including phenoxy) is 1. The first-order valence-corrected chi connectivity index (χ1v) is 10.8. The van der Waals surface area contributed by atoms with Gasteiger partial charge in [-0.1, -0.05) is 41.9 Å². The highest BCUT2D eigenvalue weighted by Gasteiger charge is 2.26. The van der Waals surface area contributed by atoms with Gasteiger partial charge in [-0.3, -0.25) is 9.59 Å². The molecule has 2 aromatic carbocycles. The number of carbonyl (C=O) groups is 1. The predicted octanol–water partition coefficient (Wildman–Crippen LogP) is 4.92. The minimum Gasteiger partial charge on any atom is -0.497 e. The second kappa shape index (κ2) is 9.07. The predicted molar refractivity (Wildman–Crippen MR) is 127 cm³/mol. The monoisotopic (exact) mass is 466 g/mol. The maximum Gasteiger partial charge on any atom is 0.297 e. The number of nitrogens with zero attached hydrogens (tertiary/aromatic N) is 3. The third-order valence-corrected chi connectivity index (χ3v) is 5.74.